The zero-order valence-electron chi connectivity index (χ0n) is 14.4. The largest absolute Gasteiger partial charge is 0.444 e. The molecule has 2 N–H and O–H groups in total. The quantitative estimate of drug-likeness (QED) is 0.822. The smallest absolute Gasteiger partial charge is 0.407 e. The Morgan fingerprint density at radius 3 is 2.35 bits per heavy atom. The highest BCUT2D eigenvalue weighted by atomic mass is 16.6. The number of anilines is 1. The van der Waals surface area contributed by atoms with Gasteiger partial charge in [0.1, 0.15) is 5.60 Å². The first kappa shape index (κ1) is 16.2. The van der Waals surface area contributed by atoms with Crippen molar-refractivity contribution >= 4 is 11.8 Å². The molecule has 0 bridgehead atoms. The zero-order valence-corrected chi connectivity index (χ0v) is 14.4. The number of alkyl carbamates (subject to hydrolysis) is 1. The van der Waals surface area contributed by atoms with Crippen LogP contribution in [-0.4, -0.2) is 17.7 Å². The molecule has 1 aromatic rings. The first-order valence-corrected chi connectivity index (χ1v) is 8.74. The summed E-state index contributed by atoms with van der Waals surface area (Å²) in [6.45, 7) is 6.11. The third-order valence-corrected chi connectivity index (χ3v) is 4.42. The summed E-state index contributed by atoms with van der Waals surface area (Å²) in [5.41, 5.74) is 1.79. The number of amides is 1. The Morgan fingerprint density at radius 1 is 1.17 bits per heavy atom. The summed E-state index contributed by atoms with van der Waals surface area (Å²) in [5.74, 6) is 1.68. The van der Waals surface area contributed by atoms with Crippen LogP contribution >= 0.6 is 0 Å². The molecule has 0 aliphatic heterocycles. The maximum atomic E-state index is 11.8. The lowest BCUT2D eigenvalue weighted by Gasteiger charge is -2.22. The minimum atomic E-state index is -0.467. The minimum Gasteiger partial charge on any atom is -0.444 e. The first-order chi connectivity index (χ1) is 10.9. The molecule has 4 nitrogen and oxygen atoms in total. The monoisotopic (exact) mass is 316 g/mol. The molecule has 23 heavy (non-hydrogen) atoms. The van der Waals surface area contributed by atoms with Gasteiger partial charge < -0.3 is 15.4 Å². The van der Waals surface area contributed by atoms with Crippen LogP contribution in [0.1, 0.15) is 52.0 Å². The van der Waals surface area contributed by atoms with Gasteiger partial charge >= 0.3 is 6.09 Å². The summed E-state index contributed by atoms with van der Waals surface area (Å²) >= 11 is 0. The van der Waals surface area contributed by atoms with Gasteiger partial charge in [0.25, 0.3) is 0 Å². The third kappa shape index (κ3) is 4.88. The molecule has 2 fully saturated rings. The fraction of sp³-hybridized carbons (Fsp3) is 0.632. The van der Waals surface area contributed by atoms with Gasteiger partial charge in [-0.15, -0.1) is 0 Å². The van der Waals surface area contributed by atoms with Crippen molar-refractivity contribution in [3.05, 3.63) is 29.8 Å². The number of ether oxygens (including phenoxy) is 1. The van der Waals surface area contributed by atoms with Crippen molar-refractivity contribution < 1.29 is 9.53 Å². The molecule has 1 amide bonds. The van der Waals surface area contributed by atoms with Crippen molar-refractivity contribution in [3.8, 4) is 0 Å². The Labute approximate surface area is 139 Å². The van der Waals surface area contributed by atoms with Crippen molar-refractivity contribution in [2.24, 2.45) is 11.8 Å². The minimum absolute atomic E-state index is 0.367. The van der Waals surface area contributed by atoms with Crippen molar-refractivity contribution in [2.45, 2.75) is 64.6 Å². The van der Waals surface area contributed by atoms with Crippen LogP contribution in [0.5, 0.6) is 0 Å². The number of carbonyl (C=O) groups is 1. The van der Waals surface area contributed by atoms with Gasteiger partial charge in [-0.05, 0) is 69.9 Å². The van der Waals surface area contributed by atoms with Crippen LogP contribution in [0.15, 0.2) is 24.3 Å². The lowest BCUT2D eigenvalue weighted by molar-refractivity contribution is 0.0523. The van der Waals surface area contributed by atoms with E-state index in [1.54, 1.807) is 0 Å². The molecule has 3 rings (SSSR count). The van der Waals surface area contributed by atoms with Gasteiger partial charge in [-0.25, -0.2) is 4.79 Å². The van der Waals surface area contributed by atoms with Crippen molar-refractivity contribution in [1.29, 1.82) is 0 Å². The highest BCUT2D eigenvalue weighted by Crippen LogP contribution is 2.46. The van der Waals surface area contributed by atoms with Gasteiger partial charge in [0, 0.05) is 18.3 Å². The summed E-state index contributed by atoms with van der Waals surface area (Å²) < 4.78 is 5.31. The number of benzene rings is 1. The Morgan fingerprint density at radius 2 is 1.78 bits per heavy atom. The highest BCUT2D eigenvalue weighted by Gasteiger charge is 2.41. The van der Waals surface area contributed by atoms with E-state index in [4.69, 9.17) is 4.74 Å². The summed E-state index contributed by atoms with van der Waals surface area (Å²) in [6.07, 6.45) is 5.05. The van der Waals surface area contributed by atoms with E-state index in [1.807, 2.05) is 26.8 Å². The number of hydrogen-bond acceptors (Lipinski definition) is 3. The number of hydrogen-bond donors (Lipinski definition) is 2. The number of para-hydroxylation sites is 1. The second-order valence-electron chi connectivity index (χ2n) is 7.86. The van der Waals surface area contributed by atoms with E-state index in [9.17, 15) is 4.79 Å². The van der Waals surface area contributed by atoms with Crippen LogP contribution in [0, 0.1) is 11.8 Å². The number of rotatable bonds is 6. The lowest BCUT2D eigenvalue weighted by Crippen LogP contribution is -2.32. The van der Waals surface area contributed by atoms with Crippen LogP contribution < -0.4 is 10.6 Å². The molecule has 2 saturated carbocycles. The summed E-state index contributed by atoms with van der Waals surface area (Å²) in [7, 11) is 0. The molecular formula is C19H28N2O2. The normalized spacial score (nSPS) is 17.9. The Bertz CT molecular complexity index is 545. The zero-order chi connectivity index (χ0) is 16.4. The molecule has 0 saturated heterocycles. The first-order valence-electron chi connectivity index (χ1n) is 8.74. The van der Waals surface area contributed by atoms with Crippen LogP contribution in [0.3, 0.4) is 0 Å². The SMILES string of the molecule is CC(C)(C)OC(=O)NCc1ccccc1NC(C1CC1)C1CC1. The van der Waals surface area contributed by atoms with Crippen LogP contribution in [0.2, 0.25) is 0 Å². The van der Waals surface area contributed by atoms with Crippen LogP contribution in [0.4, 0.5) is 10.5 Å². The predicted molar refractivity (Wildman–Crippen MR) is 92.4 cm³/mol. The molecule has 0 aromatic heterocycles. The van der Waals surface area contributed by atoms with Gasteiger partial charge in [-0.3, -0.25) is 0 Å². The maximum Gasteiger partial charge on any atom is 0.407 e. The van der Waals surface area contributed by atoms with Crippen LogP contribution in [-0.2, 0) is 11.3 Å². The van der Waals surface area contributed by atoms with Crippen molar-refractivity contribution in [3.63, 3.8) is 0 Å². The predicted octanol–water partition coefficient (Wildman–Crippen LogP) is 4.31. The molecule has 0 atom stereocenters. The molecule has 4 heteroatoms. The van der Waals surface area contributed by atoms with E-state index in [0.29, 0.717) is 12.6 Å². The average molecular weight is 316 g/mol. The Kier molecular flexibility index (Phi) is 4.51. The fourth-order valence-electron chi connectivity index (χ4n) is 3.01. The lowest BCUT2D eigenvalue weighted by atomic mass is 10.1. The topological polar surface area (TPSA) is 50.4 Å². The van der Waals surface area contributed by atoms with Gasteiger partial charge in [0.2, 0.25) is 0 Å². The summed E-state index contributed by atoms with van der Waals surface area (Å²) in [4.78, 5) is 11.8. The molecular weight excluding hydrogens is 288 g/mol. The molecule has 0 radical (unpaired) electrons. The van der Waals surface area contributed by atoms with Gasteiger partial charge in [-0.1, -0.05) is 18.2 Å². The molecule has 2 aliphatic rings. The average Bonchev–Trinajstić information content (AvgIpc) is 3.35. The molecule has 0 spiro atoms. The molecule has 126 valence electrons. The van der Waals surface area contributed by atoms with E-state index < -0.39 is 5.60 Å². The van der Waals surface area contributed by atoms with Crippen LogP contribution in [0.25, 0.3) is 0 Å². The van der Waals surface area contributed by atoms with E-state index in [2.05, 4.69) is 28.8 Å². The number of carbonyl (C=O) groups excluding carboxylic acids is 1. The van der Waals surface area contributed by atoms with Gasteiger partial charge in [-0.2, -0.15) is 0 Å². The Balaban J connectivity index is 1.60. The fourth-order valence-corrected chi connectivity index (χ4v) is 3.01. The van der Waals surface area contributed by atoms with E-state index in [-0.39, 0.29) is 6.09 Å². The molecule has 0 heterocycles. The summed E-state index contributed by atoms with van der Waals surface area (Å²) in [6, 6.07) is 8.86. The number of nitrogens with one attached hydrogen (secondary N) is 2. The highest BCUT2D eigenvalue weighted by molar-refractivity contribution is 5.68. The summed E-state index contributed by atoms with van der Waals surface area (Å²) in [5, 5.41) is 6.61. The molecule has 0 unspecified atom stereocenters. The molecule has 2 aliphatic carbocycles. The van der Waals surface area contributed by atoms with Gasteiger partial charge in [0.15, 0.2) is 0 Å². The molecule has 1 aromatic carbocycles. The van der Waals surface area contributed by atoms with E-state index in [0.717, 1.165) is 23.1 Å². The van der Waals surface area contributed by atoms with E-state index in [1.165, 1.54) is 25.7 Å². The third-order valence-electron chi connectivity index (χ3n) is 4.42. The van der Waals surface area contributed by atoms with E-state index >= 15 is 0 Å². The van der Waals surface area contributed by atoms with Crippen molar-refractivity contribution in [2.75, 3.05) is 5.32 Å². The Hall–Kier alpha value is -1.71. The second kappa shape index (κ2) is 6.42. The van der Waals surface area contributed by atoms with Crippen molar-refractivity contribution in [1.82, 2.24) is 5.32 Å². The second-order valence-corrected chi connectivity index (χ2v) is 7.86. The van der Waals surface area contributed by atoms with Gasteiger partial charge in [0.05, 0.1) is 0 Å². The standard InChI is InChI=1S/C19H28N2O2/c1-19(2,3)23-18(22)20-12-15-6-4-5-7-16(15)21-17(13-8-9-13)14-10-11-14/h4-7,13-14,17,21H,8-12H2,1-3H3,(H,20,22). The maximum absolute atomic E-state index is 11.8.